The molecule has 0 bridgehead atoms. The Hall–Kier alpha value is -0.830. The number of hydrogen-bond donors (Lipinski definition) is 0. The number of aryl methyl sites for hydroxylation is 1. The molecule has 2 heteroatoms. The van der Waals surface area contributed by atoms with Gasteiger partial charge in [0.2, 0.25) is 0 Å². The Balaban J connectivity index is 1.99. The highest BCUT2D eigenvalue weighted by molar-refractivity contribution is 7.49. The van der Waals surface area contributed by atoms with Crippen LogP contribution in [0.5, 0.6) is 0 Å². The lowest BCUT2D eigenvalue weighted by molar-refractivity contribution is 0.765. The van der Waals surface area contributed by atoms with Crippen LogP contribution in [-0.2, 0) is 19.0 Å². The first-order valence-corrected chi connectivity index (χ1v) is 12.7. The van der Waals surface area contributed by atoms with Crippen LogP contribution in [0.3, 0.4) is 0 Å². The summed E-state index contributed by atoms with van der Waals surface area (Å²) in [6.45, 7) is 6.99. The summed E-state index contributed by atoms with van der Waals surface area (Å²) in [4.78, 5) is 0. The third-order valence-electron chi connectivity index (χ3n) is 5.31. The van der Waals surface area contributed by atoms with Gasteiger partial charge < -0.3 is 0 Å². The van der Waals surface area contributed by atoms with Gasteiger partial charge in [0.05, 0.1) is 0 Å². The van der Waals surface area contributed by atoms with Gasteiger partial charge in [-0.3, -0.25) is 0 Å². The number of hydrogen-bond acceptors (Lipinski definition) is 0. The van der Waals surface area contributed by atoms with Crippen molar-refractivity contribution in [3.05, 3.63) is 51.8 Å². The largest absolute Gasteiger partial charge is 0.121 e. The molecule has 0 aromatic carbocycles. The monoisotopic (exact) mass is 370 g/mol. The van der Waals surface area contributed by atoms with E-state index in [2.05, 4.69) is 50.6 Å². The Labute approximate surface area is 157 Å². The van der Waals surface area contributed by atoms with E-state index < -0.39 is 0 Å². The van der Waals surface area contributed by atoms with Crippen LogP contribution in [-0.4, -0.2) is 5.29 Å². The maximum absolute atomic E-state index is 2.71. The fourth-order valence-electron chi connectivity index (χ4n) is 3.84. The van der Waals surface area contributed by atoms with Gasteiger partial charge in [-0.15, -0.1) is 7.53 Å². The molecule has 0 radical (unpaired) electrons. The van der Waals surface area contributed by atoms with Crippen molar-refractivity contribution >= 4 is 26.6 Å². The lowest BCUT2D eigenvalue weighted by atomic mass is 9.93. The van der Waals surface area contributed by atoms with Crippen LogP contribution >= 0.6 is 15.7 Å². The molecule has 0 saturated heterocycles. The molecule has 0 amide bonds. The average Bonchev–Trinajstić information content (AvgIpc) is 3.30. The van der Waals surface area contributed by atoms with Crippen LogP contribution in [0.1, 0.15) is 75.7 Å². The van der Waals surface area contributed by atoms with E-state index in [0.29, 0.717) is 0 Å². The van der Waals surface area contributed by atoms with Crippen molar-refractivity contribution in [2.75, 3.05) is 0 Å². The van der Waals surface area contributed by atoms with Crippen molar-refractivity contribution in [3.63, 3.8) is 0 Å². The second kappa shape index (κ2) is 9.21. The summed E-state index contributed by atoms with van der Waals surface area (Å²) >= 11 is 0. The Bertz CT molecular complexity index is 726. The highest BCUT2D eigenvalue weighted by Gasteiger charge is 2.24. The smallest absolute Gasteiger partial charge is 0.00967 e. The van der Waals surface area contributed by atoms with E-state index in [1.807, 2.05) is 5.30 Å². The van der Waals surface area contributed by atoms with E-state index in [1.54, 1.807) is 16.7 Å². The quantitative estimate of drug-likeness (QED) is 0.365. The maximum atomic E-state index is 2.71. The van der Waals surface area contributed by atoms with Gasteiger partial charge in [0.1, 0.15) is 0 Å². The minimum absolute atomic E-state index is 0.0385. The van der Waals surface area contributed by atoms with Gasteiger partial charge in [0.25, 0.3) is 0 Å². The molecular formula is C23H32P2. The minimum atomic E-state index is -0.0385. The number of rotatable bonds is 10. The molecule has 0 spiro atoms. The summed E-state index contributed by atoms with van der Waals surface area (Å²) in [5, 5.41) is 3.36. The van der Waals surface area contributed by atoms with Crippen LogP contribution in [0.2, 0.25) is 0 Å². The molecule has 134 valence electrons. The maximum Gasteiger partial charge on any atom is 0.00967 e. The predicted molar refractivity (Wildman–Crippen MR) is 118 cm³/mol. The molecule has 0 nitrogen and oxygen atoms in total. The van der Waals surface area contributed by atoms with Gasteiger partial charge in [0.15, 0.2) is 0 Å². The summed E-state index contributed by atoms with van der Waals surface area (Å²) in [5.74, 6) is 5.18. The number of fused-ring (bicyclic) bond motifs is 1. The van der Waals surface area contributed by atoms with Gasteiger partial charge >= 0.3 is 0 Å². The minimum Gasteiger partial charge on any atom is -0.121 e. The first kappa shape index (κ1) is 18.9. The topological polar surface area (TPSA) is 0 Å². The third kappa shape index (κ3) is 4.13. The van der Waals surface area contributed by atoms with E-state index in [-0.39, 0.29) is 7.53 Å². The highest BCUT2D eigenvalue weighted by atomic mass is 31.1. The van der Waals surface area contributed by atoms with Crippen molar-refractivity contribution in [3.8, 4) is 0 Å². The Morgan fingerprint density at radius 1 is 0.920 bits per heavy atom. The molecule has 3 rings (SSSR count). The summed E-state index contributed by atoms with van der Waals surface area (Å²) in [7, 11) is 1.35. The summed E-state index contributed by atoms with van der Waals surface area (Å²) in [5.41, 5.74) is 6.42. The van der Waals surface area contributed by atoms with Crippen molar-refractivity contribution in [1.29, 1.82) is 0 Å². The third-order valence-corrected chi connectivity index (χ3v) is 8.92. The van der Waals surface area contributed by atoms with E-state index in [4.69, 9.17) is 0 Å². The van der Waals surface area contributed by atoms with Crippen molar-refractivity contribution in [2.24, 2.45) is 0 Å². The first-order valence-electron chi connectivity index (χ1n) is 10.2. The molecule has 0 saturated carbocycles. The van der Waals surface area contributed by atoms with E-state index in [1.165, 1.54) is 76.6 Å². The normalized spacial score (nSPS) is 16.8. The SMILES string of the molecule is CCCCc1c(C2=CP=C3C=CC=C23)cp(CCCC)c1CCCC. The van der Waals surface area contributed by atoms with Crippen LogP contribution in [0.4, 0.5) is 0 Å². The standard InChI is InChI=1S/C23H32P2/c1-4-7-11-19-21(20-16-24-22-13-10-12-18(20)22)17-25(15-9-6-3)23(19)14-8-5-2/h10,12-13,16-17H,4-9,11,14-15H2,1-3H3. The van der Waals surface area contributed by atoms with E-state index >= 15 is 0 Å². The lowest BCUT2D eigenvalue weighted by Gasteiger charge is -2.11. The average molecular weight is 370 g/mol. The van der Waals surface area contributed by atoms with Gasteiger partial charge in [-0.1, -0.05) is 60.4 Å². The number of unbranched alkanes of at least 4 members (excludes halogenated alkanes) is 3. The molecule has 1 aromatic heterocycles. The second-order valence-corrected chi connectivity index (χ2v) is 10.4. The summed E-state index contributed by atoms with van der Waals surface area (Å²) in [6, 6.07) is 0. The summed E-state index contributed by atoms with van der Waals surface area (Å²) in [6.07, 6.45) is 18.9. The zero-order valence-electron chi connectivity index (χ0n) is 16.1. The molecule has 1 unspecified atom stereocenters. The molecule has 0 fully saturated rings. The van der Waals surface area contributed by atoms with Crippen LogP contribution in [0.25, 0.3) is 5.57 Å². The van der Waals surface area contributed by atoms with Crippen LogP contribution < -0.4 is 0 Å². The van der Waals surface area contributed by atoms with Crippen LogP contribution in [0, 0.1) is 0 Å². The van der Waals surface area contributed by atoms with Gasteiger partial charge in [-0.25, -0.2) is 0 Å². The lowest BCUT2D eigenvalue weighted by Crippen LogP contribution is -1.98. The summed E-state index contributed by atoms with van der Waals surface area (Å²) < 4.78 is 0. The fraction of sp³-hybridized carbons (Fsp3) is 0.522. The molecule has 1 aliphatic carbocycles. The Kier molecular flexibility index (Phi) is 6.98. The van der Waals surface area contributed by atoms with E-state index in [9.17, 15) is 0 Å². The van der Waals surface area contributed by atoms with Gasteiger partial charge in [0, 0.05) is 5.29 Å². The molecular weight excluding hydrogens is 338 g/mol. The molecule has 25 heavy (non-hydrogen) atoms. The number of allylic oxidation sites excluding steroid dienone is 5. The molecule has 1 aromatic rings. The molecule has 1 aliphatic heterocycles. The van der Waals surface area contributed by atoms with Crippen molar-refractivity contribution in [1.82, 2.24) is 0 Å². The molecule has 1 atom stereocenters. The molecule has 2 heterocycles. The predicted octanol–water partition coefficient (Wildman–Crippen LogP) is 8.13. The zero-order valence-corrected chi connectivity index (χ0v) is 17.9. The second-order valence-electron chi connectivity index (χ2n) is 7.22. The molecule has 0 N–H and O–H groups in total. The molecule has 2 aliphatic rings. The fourth-order valence-corrected chi connectivity index (χ4v) is 7.74. The van der Waals surface area contributed by atoms with E-state index in [0.717, 1.165) is 0 Å². The zero-order chi connectivity index (χ0) is 17.6. The van der Waals surface area contributed by atoms with Crippen molar-refractivity contribution < 1.29 is 0 Å². The van der Waals surface area contributed by atoms with Gasteiger partial charge in [-0.2, -0.15) is 0 Å². The van der Waals surface area contributed by atoms with Crippen molar-refractivity contribution in [2.45, 2.75) is 78.3 Å². The Morgan fingerprint density at radius 3 is 2.44 bits per heavy atom. The Morgan fingerprint density at radius 2 is 1.68 bits per heavy atom. The van der Waals surface area contributed by atoms with Gasteiger partial charge in [-0.05, 0) is 83.5 Å². The van der Waals surface area contributed by atoms with Crippen LogP contribution in [0.15, 0.2) is 35.4 Å². The highest BCUT2D eigenvalue weighted by Crippen LogP contribution is 2.49. The first-order chi connectivity index (χ1) is 12.3.